The van der Waals surface area contributed by atoms with E-state index in [4.69, 9.17) is 0 Å². The highest BCUT2D eigenvalue weighted by Crippen LogP contribution is 2.22. The Morgan fingerprint density at radius 1 is 1.21 bits per heavy atom. The maximum atomic E-state index is 3.70. The van der Waals surface area contributed by atoms with Gasteiger partial charge in [-0.25, -0.2) is 0 Å². The van der Waals surface area contributed by atoms with Crippen molar-refractivity contribution in [2.45, 2.75) is 84.7 Å². The van der Waals surface area contributed by atoms with Crippen LogP contribution in [0.3, 0.4) is 0 Å². The van der Waals surface area contributed by atoms with Crippen molar-refractivity contribution in [3.8, 4) is 0 Å². The normalized spacial score (nSPS) is 26.5. The molecule has 3 atom stereocenters. The van der Waals surface area contributed by atoms with Crippen LogP contribution in [-0.2, 0) is 0 Å². The number of rotatable bonds is 9. The second-order valence-electron chi connectivity index (χ2n) is 6.44. The van der Waals surface area contributed by atoms with Crippen LogP contribution >= 0.6 is 0 Å². The molecule has 0 aromatic carbocycles. The molecular weight excluding hydrogens is 232 g/mol. The predicted octanol–water partition coefficient (Wildman–Crippen LogP) is 4.06. The maximum absolute atomic E-state index is 3.70. The largest absolute Gasteiger partial charge is 0.314 e. The molecule has 0 aromatic heterocycles. The molecule has 0 radical (unpaired) electrons. The Hall–Kier alpha value is -0.0800. The van der Waals surface area contributed by atoms with Crippen LogP contribution in [0.15, 0.2) is 0 Å². The third kappa shape index (κ3) is 6.27. The number of hydrogen-bond donors (Lipinski definition) is 1. The molecule has 19 heavy (non-hydrogen) atoms. The summed E-state index contributed by atoms with van der Waals surface area (Å²) in [6.07, 6.45) is 9.45. The van der Waals surface area contributed by atoms with E-state index in [9.17, 15) is 0 Å². The van der Waals surface area contributed by atoms with Gasteiger partial charge in [0.05, 0.1) is 0 Å². The van der Waals surface area contributed by atoms with Gasteiger partial charge in [0.2, 0.25) is 0 Å². The van der Waals surface area contributed by atoms with E-state index in [2.05, 4.69) is 37.9 Å². The lowest BCUT2D eigenvalue weighted by Gasteiger charge is -2.39. The van der Waals surface area contributed by atoms with Gasteiger partial charge < -0.3 is 10.2 Å². The first-order valence-electron chi connectivity index (χ1n) is 8.68. The van der Waals surface area contributed by atoms with Gasteiger partial charge in [-0.3, -0.25) is 0 Å². The van der Waals surface area contributed by atoms with Crippen LogP contribution in [0.2, 0.25) is 0 Å². The molecule has 3 unspecified atom stereocenters. The first-order chi connectivity index (χ1) is 9.21. The summed E-state index contributed by atoms with van der Waals surface area (Å²) in [6.45, 7) is 13.2. The summed E-state index contributed by atoms with van der Waals surface area (Å²) in [6, 6.07) is 1.53. The van der Waals surface area contributed by atoms with Crippen molar-refractivity contribution in [3.05, 3.63) is 0 Å². The third-order valence-electron chi connectivity index (χ3n) is 4.73. The SMILES string of the molecule is CCCCC(CC)CN1CCC(NCCC)CC1C. The summed E-state index contributed by atoms with van der Waals surface area (Å²) < 4.78 is 0. The van der Waals surface area contributed by atoms with Gasteiger partial charge in [-0.05, 0) is 51.6 Å². The smallest absolute Gasteiger partial charge is 0.00940 e. The lowest BCUT2D eigenvalue weighted by atomic mass is 9.93. The minimum Gasteiger partial charge on any atom is -0.314 e. The van der Waals surface area contributed by atoms with E-state index in [0.717, 1.165) is 18.0 Å². The molecule has 0 bridgehead atoms. The number of nitrogens with one attached hydrogen (secondary N) is 1. The third-order valence-corrected chi connectivity index (χ3v) is 4.73. The lowest BCUT2D eigenvalue weighted by molar-refractivity contribution is 0.112. The first kappa shape index (κ1) is 17.0. The van der Waals surface area contributed by atoms with Crippen molar-refractivity contribution in [2.24, 2.45) is 5.92 Å². The highest BCUT2D eigenvalue weighted by molar-refractivity contribution is 4.83. The summed E-state index contributed by atoms with van der Waals surface area (Å²) in [4.78, 5) is 2.74. The van der Waals surface area contributed by atoms with Crippen molar-refractivity contribution in [2.75, 3.05) is 19.6 Å². The van der Waals surface area contributed by atoms with Gasteiger partial charge in [0.1, 0.15) is 0 Å². The zero-order valence-corrected chi connectivity index (χ0v) is 13.8. The van der Waals surface area contributed by atoms with E-state index in [1.54, 1.807) is 0 Å². The molecule has 0 saturated carbocycles. The molecule has 1 N–H and O–H groups in total. The quantitative estimate of drug-likeness (QED) is 0.678. The predicted molar refractivity (Wildman–Crippen MR) is 85.7 cm³/mol. The van der Waals surface area contributed by atoms with Gasteiger partial charge in [-0.1, -0.05) is 40.0 Å². The number of likely N-dealkylation sites (tertiary alicyclic amines) is 1. The van der Waals surface area contributed by atoms with Gasteiger partial charge >= 0.3 is 0 Å². The molecule has 1 heterocycles. The maximum Gasteiger partial charge on any atom is 0.00940 e. The topological polar surface area (TPSA) is 15.3 Å². The van der Waals surface area contributed by atoms with Gasteiger partial charge in [-0.15, -0.1) is 0 Å². The van der Waals surface area contributed by atoms with Crippen molar-refractivity contribution < 1.29 is 0 Å². The fourth-order valence-electron chi connectivity index (χ4n) is 3.27. The number of nitrogens with zero attached hydrogens (tertiary/aromatic N) is 1. The van der Waals surface area contributed by atoms with E-state index < -0.39 is 0 Å². The molecule has 0 aromatic rings. The minimum absolute atomic E-state index is 0.763. The molecule has 2 heteroatoms. The highest BCUT2D eigenvalue weighted by atomic mass is 15.2. The van der Waals surface area contributed by atoms with Gasteiger partial charge in [0, 0.05) is 18.6 Å². The average Bonchev–Trinajstić information content (AvgIpc) is 2.43. The van der Waals surface area contributed by atoms with E-state index in [1.807, 2.05) is 0 Å². The van der Waals surface area contributed by atoms with Crippen LogP contribution in [-0.4, -0.2) is 36.6 Å². The Balaban J connectivity index is 2.31. The fraction of sp³-hybridized carbons (Fsp3) is 1.00. The van der Waals surface area contributed by atoms with Crippen molar-refractivity contribution in [1.82, 2.24) is 10.2 Å². The van der Waals surface area contributed by atoms with Crippen LogP contribution < -0.4 is 5.32 Å². The Morgan fingerprint density at radius 2 is 2.00 bits per heavy atom. The zero-order valence-electron chi connectivity index (χ0n) is 13.8. The van der Waals surface area contributed by atoms with Crippen LogP contribution in [0.25, 0.3) is 0 Å². The van der Waals surface area contributed by atoms with Crippen molar-refractivity contribution in [1.29, 1.82) is 0 Å². The van der Waals surface area contributed by atoms with Crippen LogP contribution in [0.4, 0.5) is 0 Å². The van der Waals surface area contributed by atoms with Crippen molar-refractivity contribution in [3.63, 3.8) is 0 Å². The lowest BCUT2D eigenvalue weighted by Crippen LogP contribution is -2.48. The second-order valence-corrected chi connectivity index (χ2v) is 6.44. The van der Waals surface area contributed by atoms with Gasteiger partial charge in [0.25, 0.3) is 0 Å². The molecule has 2 nitrogen and oxygen atoms in total. The zero-order chi connectivity index (χ0) is 14.1. The number of piperidine rings is 1. The molecule has 114 valence electrons. The number of unbranched alkanes of at least 4 members (excludes halogenated alkanes) is 1. The summed E-state index contributed by atoms with van der Waals surface area (Å²) in [5.74, 6) is 0.919. The van der Waals surface area contributed by atoms with E-state index in [0.29, 0.717) is 0 Å². The number of hydrogen-bond acceptors (Lipinski definition) is 2. The second kappa shape index (κ2) is 9.77. The molecular formula is C17H36N2. The highest BCUT2D eigenvalue weighted by Gasteiger charge is 2.26. The fourth-order valence-corrected chi connectivity index (χ4v) is 3.27. The summed E-state index contributed by atoms with van der Waals surface area (Å²) in [5, 5.41) is 3.70. The van der Waals surface area contributed by atoms with Gasteiger partial charge in [-0.2, -0.15) is 0 Å². The summed E-state index contributed by atoms with van der Waals surface area (Å²) in [7, 11) is 0. The molecule has 1 aliphatic rings. The summed E-state index contributed by atoms with van der Waals surface area (Å²) >= 11 is 0. The Bertz CT molecular complexity index is 217. The Kier molecular flexibility index (Phi) is 8.72. The van der Waals surface area contributed by atoms with Crippen LogP contribution in [0, 0.1) is 5.92 Å². The minimum atomic E-state index is 0.763. The first-order valence-corrected chi connectivity index (χ1v) is 8.68. The molecule has 1 saturated heterocycles. The molecule has 0 spiro atoms. The van der Waals surface area contributed by atoms with E-state index in [-0.39, 0.29) is 0 Å². The summed E-state index contributed by atoms with van der Waals surface area (Å²) in [5.41, 5.74) is 0. The van der Waals surface area contributed by atoms with E-state index in [1.165, 1.54) is 64.6 Å². The van der Waals surface area contributed by atoms with E-state index >= 15 is 0 Å². The van der Waals surface area contributed by atoms with Gasteiger partial charge in [0.15, 0.2) is 0 Å². The average molecular weight is 268 g/mol. The molecule has 0 aliphatic carbocycles. The van der Waals surface area contributed by atoms with Crippen LogP contribution in [0.5, 0.6) is 0 Å². The molecule has 0 amide bonds. The standard InChI is InChI=1S/C17H36N2/c1-5-8-9-16(7-3)14-19-12-10-17(13-15(19)4)18-11-6-2/h15-18H,5-14H2,1-4H3. The monoisotopic (exact) mass is 268 g/mol. The Labute approximate surface area is 121 Å². The molecule has 1 aliphatic heterocycles. The molecule has 1 rings (SSSR count). The van der Waals surface area contributed by atoms with Crippen molar-refractivity contribution >= 4 is 0 Å². The van der Waals surface area contributed by atoms with Crippen LogP contribution in [0.1, 0.15) is 72.6 Å². The molecule has 1 fully saturated rings. The Morgan fingerprint density at radius 3 is 2.58 bits per heavy atom.